The Balaban J connectivity index is 1.47. The van der Waals surface area contributed by atoms with E-state index in [4.69, 9.17) is 51.1 Å². The molecule has 0 spiro atoms. The fourth-order valence-corrected chi connectivity index (χ4v) is 4.87. The van der Waals surface area contributed by atoms with E-state index in [9.17, 15) is 9.59 Å². The van der Waals surface area contributed by atoms with E-state index in [2.05, 4.69) is 0 Å². The Hall–Kier alpha value is -2.15. The number of amides is 2. The van der Waals surface area contributed by atoms with Gasteiger partial charge in [-0.3, -0.25) is 14.5 Å². The molecule has 4 rings (SSSR count). The Bertz CT molecular complexity index is 1280. The number of rotatable bonds is 6. The molecule has 0 radical (unpaired) electrons. The van der Waals surface area contributed by atoms with Gasteiger partial charge in [0.2, 0.25) is 0 Å². The van der Waals surface area contributed by atoms with E-state index in [0.29, 0.717) is 36.3 Å². The van der Waals surface area contributed by atoms with Crippen molar-refractivity contribution in [1.29, 1.82) is 0 Å². The molecular weight excluding hydrogens is 524 g/mol. The minimum atomic E-state index is -0.379. The number of carbonyl (C=O) groups is 2. The summed E-state index contributed by atoms with van der Waals surface area (Å²) in [5.41, 5.74) is 2.17. The zero-order valence-electron chi connectivity index (χ0n) is 16.9. The summed E-state index contributed by atoms with van der Waals surface area (Å²) in [6, 6.07) is 17.4. The molecule has 1 heterocycles. The normalized spacial score (nSPS) is 14.9. The second-order valence-electron chi connectivity index (χ2n) is 7.10. The van der Waals surface area contributed by atoms with Gasteiger partial charge in [-0.1, -0.05) is 70.7 Å². The summed E-state index contributed by atoms with van der Waals surface area (Å²) in [6.45, 7) is 0.334. The second-order valence-corrected chi connectivity index (χ2v) is 9.78. The summed E-state index contributed by atoms with van der Waals surface area (Å²) in [5.74, 6) is 0.220. The largest absolute Gasteiger partial charge is 0.489 e. The summed E-state index contributed by atoms with van der Waals surface area (Å²) < 4.78 is 5.84. The number of hydrogen-bond acceptors (Lipinski definition) is 4. The van der Waals surface area contributed by atoms with Crippen LogP contribution >= 0.6 is 58.2 Å². The van der Waals surface area contributed by atoms with Gasteiger partial charge in [0.1, 0.15) is 12.4 Å². The highest BCUT2D eigenvalue weighted by Crippen LogP contribution is 2.35. The van der Waals surface area contributed by atoms with Crippen molar-refractivity contribution in [2.75, 3.05) is 0 Å². The van der Waals surface area contributed by atoms with Gasteiger partial charge in [-0.2, -0.15) is 0 Å². The molecular formula is C24H15Cl4NO3S. The quantitative estimate of drug-likeness (QED) is 0.297. The molecule has 33 heavy (non-hydrogen) atoms. The molecule has 0 bridgehead atoms. The van der Waals surface area contributed by atoms with Crippen molar-refractivity contribution in [1.82, 2.24) is 4.90 Å². The van der Waals surface area contributed by atoms with Gasteiger partial charge in [0, 0.05) is 25.7 Å². The predicted octanol–water partition coefficient (Wildman–Crippen LogP) is 8.12. The Kier molecular flexibility index (Phi) is 7.57. The lowest BCUT2D eigenvalue weighted by atomic mass is 10.2. The zero-order valence-corrected chi connectivity index (χ0v) is 20.7. The fraction of sp³-hybridized carbons (Fsp3) is 0.0833. The molecule has 0 atom stereocenters. The van der Waals surface area contributed by atoms with Crippen molar-refractivity contribution in [3.63, 3.8) is 0 Å². The van der Waals surface area contributed by atoms with Crippen LogP contribution in [0, 0.1) is 0 Å². The molecule has 0 unspecified atom stereocenters. The number of imide groups is 1. The fourth-order valence-electron chi connectivity index (χ4n) is 3.10. The second kappa shape index (κ2) is 10.4. The Morgan fingerprint density at radius 1 is 0.848 bits per heavy atom. The predicted molar refractivity (Wildman–Crippen MR) is 135 cm³/mol. The SMILES string of the molecule is O=C1S/C(=C/c2cccc(OCc3ccc(Cl)cc3Cl)c2)C(=O)N1Cc1ccc(Cl)cc1Cl. The van der Waals surface area contributed by atoms with Gasteiger partial charge in [-0.05, 0) is 65.4 Å². The molecule has 0 N–H and O–H groups in total. The Morgan fingerprint density at radius 3 is 2.18 bits per heavy atom. The van der Waals surface area contributed by atoms with Gasteiger partial charge in [0.25, 0.3) is 11.1 Å². The molecule has 0 aromatic heterocycles. The lowest BCUT2D eigenvalue weighted by Crippen LogP contribution is -2.27. The standard InChI is InChI=1S/C24H15Cl4NO3S/c25-17-6-4-15(20(27)10-17)12-29-23(30)22(33-24(29)31)9-14-2-1-3-19(8-14)32-13-16-5-7-18(26)11-21(16)28/h1-11H,12-13H2/b22-9+. The van der Waals surface area contributed by atoms with Crippen molar-refractivity contribution in [3.8, 4) is 5.75 Å². The summed E-state index contributed by atoms with van der Waals surface area (Å²) >= 11 is 25.1. The molecule has 168 valence electrons. The molecule has 0 saturated carbocycles. The van der Waals surface area contributed by atoms with E-state index in [-0.39, 0.29) is 24.3 Å². The first-order valence-electron chi connectivity index (χ1n) is 9.66. The monoisotopic (exact) mass is 537 g/mol. The third-order valence-corrected chi connectivity index (χ3v) is 6.86. The summed E-state index contributed by atoms with van der Waals surface area (Å²) in [6.07, 6.45) is 1.66. The number of thioether (sulfide) groups is 1. The molecule has 3 aromatic carbocycles. The van der Waals surface area contributed by atoms with Crippen LogP contribution in [0.3, 0.4) is 0 Å². The van der Waals surface area contributed by atoms with Crippen LogP contribution in [-0.2, 0) is 17.9 Å². The molecule has 1 fully saturated rings. The molecule has 3 aromatic rings. The van der Waals surface area contributed by atoms with Crippen LogP contribution in [0.25, 0.3) is 6.08 Å². The first-order valence-corrected chi connectivity index (χ1v) is 12.0. The third-order valence-electron chi connectivity index (χ3n) is 4.78. The zero-order chi connectivity index (χ0) is 23.5. The number of benzene rings is 3. The van der Waals surface area contributed by atoms with Gasteiger partial charge in [0.05, 0.1) is 11.4 Å². The number of ether oxygens (including phenoxy) is 1. The average molecular weight is 539 g/mol. The van der Waals surface area contributed by atoms with Crippen LogP contribution < -0.4 is 4.74 Å². The first kappa shape index (κ1) is 24.0. The molecule has 1 saturated heterocycles. The summed E-state index contributed by atoms with van der Waals surface area (Å²) in [7, 11) is 0. The molecule has 1 aliphatic heterocycles. The maximum atomic E-state index is 12.9. The maximum Gasteiger partial charge on any atom is 0.293 e. The maximum absolute atomic E-state index is 12.9. The minimum Gasteiger partial charge on any atom is -0.489 e. The van der Waals surface area contributed by atoms with Gasteiger partial charge in [0.15, 0.2) is 0 Å². The van der Waals surface area contributed by atoms with Gasteiger partial charge in [-0.25, -0.2) is 0 Å². The lowest BCUT2D eigenvalue weighted by molar-refractivity contribution is -0.123. The summed E-state index contributed by atoms with van der Waals surface area (Å²) in [5, 5.41) is 1.60. The average Bonchev–Trinajstić information content (AvgIpc) is 3.02. The number of nitrogens with zero attached hydrogens (tertiary/aromatic N) is 1. The Morgan fingerprint density at radius 2 is 1.52 bits per heavy atom. The van der Waals surface area contributed by atoms with E-state index in [0.717, 1.165) is 27.8 Å². The molecule has 4 nitrogen and oxygen atoms in total. The third kappa shape index (κ3) is 5.86. The van der Waals surface area contributed by atoms with Crippen LogP contribution in [0.1, 0.15) is 16.7 Å². The van der Waals surface area contributed by atoms with Crippen molar-refractivity contribution < 1.29 is 14.3 Å². The highest BCUT2D eigenvalue weighted by Gasteiger charge is 2.35. The lowest BCUT2D eigenvalue weighted by Gasteiger charge is -2.13. The van der Waals surface area contributed by atoms with Crippen molar-refractivity contribution >= 4 is 75.4 Å². The smallest absolute Gasteiger partial charge is 0.293 e. The van der Waals surface area contributed by atoms with E-state index in [1.165, 1.54) is 0 Å². The summed E-state index contributed by atoms with van der Waals surface area (Å²) in [4.78, 5) is 26.8. The van der Waals surface area contributed by atoms with Crippen molar-refractivity contribution in [2.45, 2.75) is 13.2 Å². The van der Waals surface area contributed by atoms with Gasteiger partial charge < -0.3 is 4.74 Å². The van der Waals surface area contributed by atoms with E-state index >= 15 is 0 Å². The first-order chi connectivity index (χ1) is 15.8. The van der Waals surface area contributed by atoms with Crippen LogP contribution in [0.15, 0.2) is 65.6 Å². The van der Waals surface area contributed by atoms with Gasteiger partial charge >= 0.3 is 0 Å². The molecule has 1 aliphatic rings. The van der Waals surface area contributed by atoms with Crippen LogP contribution in [0.2, 0.25) is 20.1 Å². The molecule has 0 aliphatic carbocycles. The number of halogens is 4. The van der Waals surface area contributed by atoms with E-state index in [1.807, 2.05) is 12.1 Å². The Labute approximate surface area is 215 Å². The number of carbonyl (C=O) groups excluding carboxylic acids is 2. The molecule has 9 heteroatoms. The topological polar surface area (TPSA) is 46.6 Å². The highest BCUT2D eigenvalue weighted by molar-refractivity contribution is 8.18. The van der Waals surface area contributed by atoms with Crippen molar-refractivity contribution in [2.24, 2.45) is 0 Å². The highest BCUT2D eigenvalue weighted by atomic mass is 35.5. The van der Waals surface area contributed by atoms with E-state index < -0.39 is 0 Å². The van der Waals surface area contributed by atoms with Crippen LogP contribution in [-0.4, -0.2) is 16.0 Å². The van der Waals surface area contributed by atoms with Crippen LogP contribution in [0.4, 0.5) is 4.79 Å². The van der Waals surface area contributed by atoms with Crippen molar-refractivity contribution in [3.05, 3.63) is 102 Å². The van der Waals surface area contributed by atoms with E-state index in [1.54, 1.807) is 54.6 Å². The minimum absolute atomic E-state index is 0.0724. The van der Waals surface area contributed by atoms with Gasteiger partial charge in [-0.15, -0.1) is 0 Å². The number of hydrogen-bond donors (Lipinski definition) is 0. The molecule has 2 amide bonds. The van der Waals surface area contributed by atoms with Crippen LogP contribution in [0.5, 0.6) is 5.75 Å².